The Morgan fingerprint density at radius 1 is 0.944 bits per heavy atom. The van der Waals surface area contributed by atoms with Gasteiger partial charge in [-0.3, -0.25) is 0 Å². The third-order valence-corrected chi connectivity index (χ3v) is 3.41. The summed E-state index contributed by atoms with van der Waals surface area (Å²) in [4.78, 5) is 0. The quantitative estimate of drug-likeness (QED) is 0.875. The molecule has 0 aliphatic rings. The molecule has 2 aromatic carbocycles. The van der Waals surface area contributed by atoms with Crippen molar-refractivity contribution < 1.29 is 4.39 Å². The molecule has 0 spiro atoms. The maximum atomic E-state index is 12.9. The molecule has 0 aliphatic heterocycles. The molecule has 94 valence electrons. The van der Waals surface area contributed by atoms with Crippen LogP contribution in [0.5, 0.6) is 0 Å². The highest BCUT2D eigenvalue weighted by molar-refractivity contribution is 5.38. The molecule has 1 nitrogen and oxygen atoms in total. The van der Waals surface area contributed by atoms with Crippen molar-refractivity contribution in [1.29, 1.82) is 0 Å². The van der Waals surface area contributed by atoms with Crippen molar-refractivity contribution in [3.8, 4) is 0 Å². The Morgan fingerprint density at radius 2 is 1.39 bits per heavy atom. The second kappa shape index (κ2) is 4.91. The van der Waals surface area contributed by atoms with E-state index in [-0.39, 0.29) is 5.82 Å². The van der Waals surface area contributed by atoms with E-state index < -0.39 is 5.54 Å². The molecular formula is C16H18FN. The minimum atomic E-state index is -0.597. The lowest BCUT2D eigenvalue weighted by Crippen LogP contribution is -2.34. The minimum Gasteiger partial charge on any atom is -0.318 e. The van der Waals surface area contributed by atoms with Crippen LogP contribution in [0, 0.1) is 5.82 Å². The average Bonchev–Trinajstić information content (AvgIpc) is 2.39. The Hall–Kier alpha value is -1.67. The molecule has 0 radical (unpaired) electrons. The first-order valence-electron chi connectivity index (χ1n) is 6.18. The third kappa shape index (κ3) is 2.44. The predicted octanol–water partition coefficient (Wildman–Crippen LogP) is 3.61. The first-order valence-corrected chi connectivity index (χ1v) is 6.18. The summed E-state index contributed by atoms with van der Waals surface area (Å²) in [5.41, 5.74) is 9.01. The van der Waals surface area contributed by atoms with Crippen LogP contribution >= 0.6 is 0 Å². The summed E-state index contributed by atoms with van der Waals surface area (Å²) in [5, 5.41) is 0. The number of halogens is 1. The fourth-order valence-corrected chi connectivity index (χ4v) is 2.05. The molecule has 0 aliphatic carbocycles. The van der Waals surface area contributed by atoms with E-state index in [1.54, 1.807) is 12.1 Å². The van der Waals surface area contributed by atoms with Crippen LogP contribution in [-0.4, -0.2) is 0 Å². The van der Waals surface area contributed by atoms with Crippen molar-refractivity contribution in [3.05, 3.63) is 71.0 Å². The van der Waals surface area contributed by atoms with E-state index in [1.165, 1.54) is 17.7 Å². The van der Waals surface area contributed by atoms with Crippen molar-refractivity contribution in [1.82, 2.24) is 0 Å². The number of hydrogen-bond acceptors (Lipinski definition) is 1. The van der Waals surface area contributed by atoms with Crippen LogP contribution in [0.3, 0.4) is 0 Å². The summed E-state index contributed by atoms with van der Waals surface area (Å²) in [7, 11) is 0. The molecular weight excluding hydrogens is 225 g/mol. The van der Waals surface area contributed by atoms with Gasteiger partial charge in [0, 0.05) is 0 Å². The molecule has 0 heterocycles. The topological polar surface area (TPSA) is 26.0 Å². The maximum absolute atomic E-state index is 12.9. The van der Waals surface area contributed by atoms with E-state index in [0.717, 1.165) is 17.5 Å². The van der Waals surface area contributed by atoms with Crippen LogP contribution in [0.2, 0.25) is 0 Å². The van der Waals surface area contributed by atoms with Gasteiger partial charge >= 0.3 is 0 Å². The summed E-state index contributed by atoms with van der Waals surface area (Å²) >= 11 is 0. The van der Waals surface area contributed by atoms with Crippen LogP contribution in [0.1, 0.15) is 30.5 Å². The standard InChI is InChI=1S/C16H18FN/c1-3-12-4-6-13(7-5-12)16(2,18)14-8-10-15(17)11-9-14/h4-11H,3,18H2,1-2H3. The zero-order valence-electron chi connectivity index (χ0n) is 10.8. The Kier molecular flexibility index (Phi) is 3.48. The Balaban J connectivity index is 2.37. The molecule has 0 amide bonds. The molecule has 2 heteroatoms. The smallest absolute Gasteiger partial charge is 0.123 e. The van der Waals surface area contributed by atoms with Crippen LogP contribution < -0.4 is 5.73 Å². The van der Waals surface area contributed by atoms with Crippen LogP contribution in [0.15, 0.2) is 48.5 Å². The number of nitrogens with two attached hydrogens (primary N) is 1. The van der Waals surface area contributed by atoms with E-state index >= 15 is 0 Å². The molecule has 1 atom stereocenters. The largest absolute Gasteiger partial charge is 0.318 e. The zero-order valence-corrected chi connectivity index (χ0v) is 10.8. The van der Waals surface area contributed by atoms with Crippen molar-refractivity contribution in [2.24, 2.45) is 5.73 Å². The second-order valence-corrected chi connectivity index (χ2v) is 4.76. The number of aryl methyl sites for hydroxylation is 1. The summed E-state index contributed by atoms with van der Waals surface area (Å²) in [5.74, 6) is -0.240. The Bertz CT molecular complexity index is 512. The average molecular weight is 243 g/mol. The summed E-state index contributed by atoms with van der Waals surface area (Å²) in [6.07, 6.45) is 1.01. The van der Waals surface area contributed by atoms with Crippen LogP contribution in [-0.2, 0) is 12.0 Å². The highest BCUT2D eigenvalue weighted by atomic mass is 19.1. The van der Waals surface area contributed by atoms with E-state index in [9.17, 15) is 4.39 Å². The molecule has 2 rings (SSSR count). The lowest BCUT2D eigenvalue weighted by molar-refractivity contribution is 0.593. The van der Waals surface area contributed by atoms with Gasteiger partial charge in [0.05, 0.1) is 5.54 Å². The fourth-order valence-electron chi connectivity index (χ4n) is 2.05. The van der Waals surface area contributed by atoms with Gasteiger partial charge in [-0.2, -0.15) is 0 Å². The molecule has 0 saturated carbocycles. The summed E-state index contributed by atoms with van der Waals surface area (Å²) in [6.45, 7) is 4.07. The van der Waals surface area contributed by atoms with Crippen molar-refractivity contribution in [2.75, 3.05) is 0 Å². The third-order valence-electron chi connectivity index (χ3n) is 3.41. The Morgan fingerprint density at radius 3 is 1.83 bits per heavy atom. The molecule has 0 saturated heterocycles. The van der Waals surface area contributed by atoms with Gasteiger partial charge in [-0.25, -0.2) is 4.39 Å². The van der Waals surface area contributed by atoms with Gasteiger partial charge in [0.25, 0.3) is 0 Å². The highest BCUT2D eigenvalue weighted by Gasteiger charge is 2.23. The fraction of sp³-hybridized carbons (Fsp3) is 0.250. The van der Waals surface area contributed by atoms with Gasteiger partial charge in [-0.1, -0.05) is 43.3 Å². The van der Waals surface area contributed by atoms with E-state index in [4.69, 9.17) is 5.73 Å². The van der Waals surface area contributed by atoms with Crippen molar-refractivity contribution in [3.63, 3.8) is 0 Å². The van der Waals surface area contributed by atoms with Gasteiger partial charge in [0.2, 0.25) is 0 Å². The summed E-state index contributed by atoms with van der Waals surface area (Å²) in [6, 6.07) is 14.6. The van der Waals surface area contributed by atoms with Crippen molar-refractivity contribution in [2.45, 2.75) is 25.8 Å². The lowest BCUT2D eigenvalue weighted by Gasteiger charge is -2.26. The normalized spacial score (nSPS) is 14.2. The lowest BCUT2D eigenvalue weighted by atomic mass is 9.85. The van der Waals surface area contributed by atoms with Gasteiger partial charge in [-0.15, -0.1) is 0 Å². The van der Waals surface area contributed by atoms with Gasteiger partial charge < -0.3 is 5.73 Å². The maximum Gasteiger partial charge on any atom is 0.123 e. The van der Waals surface area contributed by atoms with E-state index in [2.05, 4.69) is 19.1 Å². The SMILES string of the molecule is CCc1ccc(C(C)(N)c2ccc(F)cc2)cc1. The predicted molar refractivity (Wildman–Crippen MR) is 72.9 cm³/mol. The monoisotopic (exact) mass is 243 g/mol. The summed E-state index contributed by atoms with van der Waals surface area (Å²) < 4.78 is 12.9. The zero-order chi connectivity index (χ0) is 13.2. The van der Waals surface area contributed by atoms with E-state index in [0.29, 0.717) is 0 Å². The first kappa shape index (κ1) is 12.8. The highest BCUT2D eigenvalue weighted by Crippen LogP contribution is 2.26. The second-order valence-electron chi connectivity index (χ2n) is 4.76. The van der Waals surface area contributed by atoms with Crippen LogP contribution in [0.25, 0.3) is 0 Å². The number of hydrogen-bond donors (Lipinski definition) is 1. The molecule has 1 unspecified atom stereocenters. The molecule has 0 bridgehead atoms. The molecule has 0 aromatic heterocycles. The molecule has 0 fully saturated rings. The van der Waals surface area contributed by atoms with Gasteiger partial charge in [-0.05, 0) is 42.2 Å². The van der Waals surface area contributed by atoms with Gasteiger partial charge in [0.1, 0.15) is 5.82 Å². The minimum absolute atomic E-state index is 0.240. The first-order chi connectivity index (χ1) is 8.54. The van der Waals surface area contributed by atoms with Crippen molar-refractivity contribution >= 4 is 0 Å². The molecule has 2 aromatic rings. The van der Waals surface area contributed by atoms with Gasteiger partial charge in [0.15, 0.2) is 0 Å². The van der Waals surface area contributed by atoms with Crippen LogP contribution in [0.4, 0.5) is 4.39 Å². The number of benzene rings is 2. The Labute approximate surface area is 107 Å². The number of rotatable bonds is 3. The molecule has 2 N–H and O–H groups in total. The van der Waals surface area contributed by atoms with E-state index in [1.807, 2.05) is 19.1 Å². The molecule has 18 heavy (non-hydrogen) atoms.